The van der Waals surface area contributed by atoms with Gasteiger partial charge in [0.2, 0.25) is 2.88 Å². The first kappa shape index (κ1) is 12.9. The molecule has 0 saturated heterocycles. The molecule has 0 bridgehead atoms. The molecule has 0 spiro atoms. The fourth-order valence-corrected chi connectivity index (χ4v) is 5.73. The summed E-state index contributed by atoms with van der Waals surface area (Å²) in [5.74, 6) is 0. The van der Waals surface area contributed by atoms with Crippen LogP contribution in [-0.4, -0.2) is 0 Å². The maximum atomic E-state index is 12.5. The van der Waals surface area contributed by atoms with E-state index in [1.807, 2.05) is 19.1 Å². The fraction of sp³-hybridized carbons (Fsp3) is 0.167. The molecule has 1 aromatic carbocycles. The van der Waals surface area contributed by atoms with E-state index in [0.29, 0.717) is 0 Å². The van der Waals surface area contributed by atoms with Crippen LogP contribution in [0.3, 0.4) is 0 Å². The number of rotatable bonds is 2. The number of thiophene rings is 1. The predicted molar refractivity (Wildman–Crippen MR) is 57.9 cm³/mol. The molecule has 0 atom stereocenters. The predicted octanol–water partition coefficient (Wildman–Crippen LogP) is 1.20. The van der Waals surface area contributed by atoms with E-state index in [2.05, 4.69) is 0 Å². The van der Waals surface area contributed by atoms with Gasteiger partial charge in [-0.15, -0.1) is 0 Å². The third kappa shape index (κ3) is 3.45. The Morgan fingerprint density at radius 2 is 1.88 bits per heavy atom. The Hall–Kier alpha value is -0.560. The summed E-state index contributed by atoms with van der Waals surface area (Å²) in [4.78, 5) is 1.20. The maximum Gasteiger partial charge on any atom is 0.416 e. The summed E-state index contributed by atoms with van der Waals surface area (Å²) in [5.41, 5.74) is -0.553. The lowest BCUT2D eigenvalue weighted by Crippen LogP contribution is -3.61. The summed E-state index contributed by atoms with van der Waals surface area (Å²) in [6.45, 7) is 2.00. The van der Waals surface area contributed by atoms with Crippen molar-refractivity contribution in [1.29, 1.82) is 0 Å². The van der Waals surface area contributed by atoms with E-state index < -0.39 is 32.9 Å². The molecule has 1 aromatic heterocycles. The standard InChI is InChI=1S/C12H9F3IS/c1-8-5-6-11(17-8)16-10-4-2-3-9(7-10)12(13,14)15/h2-7H,1H3/q+1. The van der Waals surface area contributed by atoms with Gasteiger partial charge in [-0.3, -0.25) is 0 Å². The molecule has 2 aromatic rings. The molecule has 90 valence electrons. The van der Waals surface area contributed by atoms with Crippen molar-refractivity contribution in [3.05, 3.63) is 53.3 Å². The molecule has 0 saturated carbocycles. The number of benzene rings is 1. The van der Waals surface area contributed by atoms with Crippen LogP contribution in [0.1, 0.15) is 10.4 Å². The van der Waals surface area contributed by atoms with Crippen LogP contribution in [0, 0.1) is 13.4 Å². The van der Waals surface area contributed by atoms with Crippen molar-refractivity contribution in [3.63, 3.8) is 0 Å². The SMILES string of the molecule is Cc1ccc([I+]c2cccc(C(F)(F)F)c2)s1. The molecule has 0 N–H and O–H groups in total. The normalized spacial score (nSPS) is 11.8. The minimum atomic E-state index is -4.24. The van der Waals surface area contributed by atoms with Crippen molar-refractivity contribution < 1.29 is 34.4 Å². The second-order valence-corrected chi connectivity index (χ2v) is 8.42. The molecule has 5 heteroatoms. The Bertz CT molecular complexity index is 516. The van der Waals surface area contributed by atoms with Crippen LogP contribution in [0.4, 0.5) is 13.2 Å². The number of hydrogen-bond acceptors (Lipinski definition) is 1. The minimum absolute atomic E-state index is 0.497. The van der Waals surface area contributed by atoms with Crippen molar-refractivity contribution in [3.8, 4) is 0 Å². The zero-order chi connectivity index (χ0) is 12.5. The third-order valence-electron chi connectivity index (χ3n) is 2.06. The van der Waals surface area contributed by atoms with Gasteiger partial charge < -0.3 is 0 Å². The highest BCUT2D eigenvalue weighted by Crippen LogP contribution is 2.28. The molecule has 0 unspecified atom stereocenters. The van der Waals surface area contributed by atoms with Crippen molar-refractivity contribution in [2.24, 2.45) is 0 Å². The zero-order valence-electron chi connectivity index (χ0n) is 8.88. The topological polar surface area (TPSA) is 0 Å². The van der Waals surface area contributed by atoms with Gasteiger partial charge in [-0.1, -0.05) is 17.4 Å². The lowest BCUT2D eigenvalue weighted by atomic mass is 10.2. The lowest BCUT2D eigenvalue weighted by Gasteiger charge is -2.04. The molecule has 0 amide bonds. The molecular formula is C12H9F3IS+. The number of hydrogen-bond donors (Lipinski definition) is 0. The first-order valence-electron chi connectivity index (χ1n) is 4.84. The smallest absolute Gasteiger partial charge is 0.166 e. The van der Waals surface area contributed by atoms with Gasteiger partial charge in [-0.05, 0) is 25.1 Å². The number of aryl methyl sites for hydroxylation is 1. The summed E-state index contributed by atoms with van der Waals surface area (Å²) in [6.07, 6.45) is -4.24. The molecule has 17 heavy (non-hydrogen) atoms. The van der Waals surface area contributed by atoms with Gasteiger partial charge in [-0.2, -0.15) is 13.2 Å². The van der Waals surface area contributed by atoms with Crippen molar-refractivity contribution in [2.45, 2.75) is 13.1 Å². The Balaban J connectivity index is 2.22. The molecule has 0 aliphatic rings. The van der Waals surface area contributed by atoms with E-state index in [4.69, 9.17) is 0 Å². The Morgan fingerprint density at radius 3 is 2.47 bits per heavy atom. The van der Waals surface area contributed by atoms with Gasteiger partial charge in [0.15, 0.2) is 3.57 Å². The number of alkyl halides is 3. The summed E-state index contributed by atoms with van der Waals surface area (Å²) in [5, 5.41) is 0. The van der Waals surface area contributed by atoms with Crippen molar-refractivity contribution in [1.82, 2.24) is 0 Å². The molecule has 0 nitrogen and oxygen atoms in total. The van der Waals surface area contributed by atoms with Gasteiger partial charge >= 0.3 is 27.4 Å². The summed E-state index contributed by atoms with van der Waals surface area (Å²) in [7, 11) is 0. The van der Waals surface area contributed by atoms with Crippen LogP contribution >= 0.6 is 11.3 Å². The molecule has 0 aliphatic heterocycles. The van der Waals surface area contributed by atoms with E-state index >= 15 is 0 Å². The maximum absolute atomic E-state index is 12.5. The minimum Gasteiger partial charge on any atom is -0.166 e. The van der Waals surface area contributed by atoms with Gasteiger partial charge in [-0.25, -0.2) is 0 Å². The second kappa shape index (κ2) is 4.97. The Kier molecular flexibility index (Phi) is 3.77. The van der Waals surface area contributed by atoms with Crippen LogP contribution in [-0.2, 0) is 6.18 Å². The van der Waals surface area contributed by atoms with E-state index in [1.54, 1.807) is 17.4 Å². The quantitative estimate of drug-likeness (QED) is 0.699. The highest BCUT2D eigenvalue weighted by atomic mass is 127. The summed E-state index contributed by atoms with van der Waals surface area (Å²) >= 11 is 1.17. The van der Waals surface area contributed by atoms with E-state index in [9.17, 15) is 13.2 Å². The Labute approximate surface area is 112 Å². The number of halogens is 4. The largest absolute Gasteiger partial charge is 0.416 e. The molecule has 1 heterocycles. The van der Waals surface area contributed by atoms with Gasteiger partial charge in [0.25, 0.3) is 0 Å². The van der Waals surface area contributed by atoms with Crippen LogP contribution < -0.4 is 21.2 Å². The Morgan fingerprint density at radius 1 is 1.12 bits per heavy atom. The van der Waals surface area contributed by atoms with E-state index in [0.717, 1.165) is 9.64 Å². The lowest BCUT2D eigenvalue weighted by molar-refractivity contribution is -0.591. The average Bonchev–Trinajstić information content (AvgIpc) is 2.63. The van der Waals surface area contributed by atoms with Crippen LogP contribution in [0.25, 0.3) is 0 Å². The average molecular weight is 369 g/mol. The second-order valence-electron chi connectivity index (χ2n) is 3.45. The summed E-state index contributed by atoms with van der Waals surface area (Å²) in [6, 6.07) is 9.66. The molecule has 0 fully saturated rings. The fourth-order valence-electron chi connectivity index (χ4n) is 1.29. The van der Waals surface area contributed by atoms with E-state index in [-0.39, 0.29) is 0 Å². The molecule has 0 aliphatic carbocycles. The molecular weight excluding hydrogens is 360 g/mol. The zero-order valence-corrected chi connectivity index (χ0v) is 11.9. The first-order valence-corrected chi connectivity index (χ1v) is 7.81. The van der Waals surface area contributed by atoms with Crippen molar-refractivity contribution >= 4 is 11.3 Å². The monoisotopic (exact) mass is 369 g/mol. The van der Waals surface area contributed by atoms with Crippen LogP contribution in [0.2, 0.25) is 0 Å². The van der Waals surface area contributed by atoms with Gasteiger partial charge in [0.05, 0.1) is 5.56 Å². The van der Waals surface area contributed by atoms with Crippen molar-refractivity contribution in [2.75, 3.05) is 0 Å². The third-order valence-corrected chi connectivity index (χ3v) is 6.21. The van der Waals surface area contributed by atoms with Crippen LogP contribution in [0.5, 0.6) is 0 Å². The highest BCUT2D eigenvalue weighted by molar-refractivity contribution is 7.09. The van der Waals surface area contributed by atoms with E-state index in [1.165, 1.54) is 19.9 Å². The van der Waals surface area contributed by atoms with Crippen LogP contribution in [0.15, 0.2) is 36.4 Å². The molecule has 2 rings (SSSR count). The van der Waals surface area contributed by atoms with Gasteiger partial charge in [0, 0.05) is 17.0 Å². The highest BCUT2D eigenvalue weighted by Gasteiger charge is 2.32. The summed E-state index contributed by atoms with van der Waals surface area (Å²) < 4.78 is 39.6. The molecule has 0 radical (unpaired) electrons. The van der Waals surface area contributed by atoms with Gasteiger partial charge in [0.1, 0.15) is 0 Å². The first-order chi connectivity index (χ1) is 7.95.